The fraction of sp³-hybridized carbons (Fsp3) is 0.208. The third-order valence-corrected chi connectivity index (χ3v) is 9.97. The lowest BCUT2D eigenvalue weighted by atomic mass is 9.97. The van der Waals surface area contributed by atoms with Crippen LogP contribution in [0.5, 0.6) is 11.5 Å². The van der Waals surface area contributed by atoms with E-state index in [1.54, 1.807) is 70.2 Å². The predicted molar refractivity (Wildman–Crippen MR) is 235 cm³/mol. The van der Waals surface area contributed by atoms with Crippen molar-refractivity contribution in [1.29, 1.82) is 0 Å². The zero-order valence-corrected chi connectivity index (χ0v) is 34.1. The number of anilines is 2. The Labute approximate surface area is 363 Å². The maximum Gasteiger partial charge on any atom is 0.418 e. The van der Waals surface area contributed by atoms with Gasteiger partial charge in [0.25, 0.3) is 11.8 Å². The van der Waals surface area contributed by atoms with E-state index in [0.29, 0.717) is 16.6 Å². The molecule has 2 heterocycles. The summed E-state index contributed by atoms with van der Waals surface area (Å²) >= 11 is 0. The number of carbonyl (C=O) groups excluding carboxylic acids is 2. The summed E-state index contributed by atoms with van der Waals surface area (Å²) in [5.74, 6) is -2.72. The first-order valence-corrected chi connectivity index (χ1v) is 19.4. The fourth-order valence-corrected chi connectivity index (χ4v) is 6.70. The summed E-state index contributed by atoms with van der Waals surface area (Å²) in [6, 6.07) is 26.1. The van der Waals surface area contributed by atoms with E-state index in [4.69, 9.17) is 4.74 Å². The summed E-state index contributed by atoms with van der Waals surface area (Å²) < 4.78 is 88.1. The van der Waals surface area contributed by atoms with E-state index in [1.807, 2.05) is 30.3 Å². The largest absolute Gasteiger partial charge is 0.508 e. The van der Waals surface area contributed by atoms with E-state index in [-0.39, 0.29) is 64.8 Å². The van der Waals surface area contributed by atoms with Crippen LogP contribution in [-0.4, -0.2) is 26.9 Å². The number of aromatic hydroxyl groups is 1. The topological polar surface area (TPSA) is 153 Å². The SMILES string of the molecule is C.CC(C)c1cc(C(F)(F)F)c(NC(=O)c2c[nH]c3ccccc3c2=O)cc1O.CC(C)c1cc(C(F)(F)F)c(NC(=O)c2c[nH]c3ccccc3c2=O)cc1OCc1ccccc1. The van der Waals surface area contributed by atoms with Crippen LogP contribution >= 0.6 is 0 Å². The molecule has 10 nitrogen and oxygen atoms in total. The summed E-state index contributed by atoms with van der Waals surface area (Å²) in [4.78, 5) is 56.3. The highest BCUT2D eigenvalue weighted by atomic mass is 19.4. The molecule has 0 aliphatic carbocycles. The summed E-state index contributed by atoms with van der Waals surface area (Å²) in [6.07, 6.45) is -7.14. The molecule has 7 rings (SSSR count). The second-order valence-corrected chi connectivity index (χ2v) is 15.0. The molecule has 0 aliphatic rings. The van der Waals surface area contributed by atoms with Crippen LogP contribution in [0.2, 0.25) is 0 Å². The van der Waals surface area contributed by atoms with Gasteiger partial charge in [-0.25, -0.2) is 0 Å². The molecule has 5 aromatic carbocycles. The van der Waals surface area contributed by atoms with Gasteiger partial charge in [-0.05, 0) is 64.9 Å². The number of aromatic nitrogens is 2. The molecule has 16 heteroatoms. The number of pyridine rings is 2. The number of hydrogen-bond donors (Lipinski definition) is 5. The van der Waals surface area contributed by atoms with E-state index in [0.717, 1.165) is 30.0 Å². The summed E-state index contributed by atoms with van der Waals surface area (Å²) in [5.41, 5.74) is -2.71. The summed E-state index contributed by atoms with van der Waals surface area (Å²) in [5, 5.41) is 14.9. The molecule has 0 saturated carbocycles. The van der Waals surface area contributed by atoms with Crippen LogP contribution in [-0.2, 0) is 19.0 Å². The average Bonchev–Trinajstić information content (AvgIpc) is 3.23. The van der Waals surface area contributed by atoms with E-state index >= 15 is 0 Å². The van der Waals surface area contributed by atoms with Crippen molar-refractivity contribution >= 4 is 45.0 Å². The maximum atomic E-state index is 14.0. The number of rotatable bonds is 9. The molecule has 0 radical (unpaired) electrons. The number of fused-ring (bicyclic) bond motifs is 2. The number of phenolic OH excluding ortho intramolecular Hbond substituents is 1. The van der Waals surface area contributed by atoms with Crippen molar-refractivity contribution in [2.45, 2.75) is 65.9 Å². The Morgan fingerprint density at radius 1 is 0.625 bits per heavy atom. The monoisotopic (exact) mass is 886 g/mol. The van der Waals surface area contributed by atoms with E-state index in [9.17, 15) is 50.6 Å². The molecule has 7 aromatic rings. The zero-order chi connectivity index (χ0) is 45.8. The number of carbonyl (C=O) groups is 2. The molecule has 0 unspecified atom stereocenters. The normalized spacial score (nSPS) is 11.5. The fourth-order valence-electron chi connectivity index (χ4n) is 6.70. The summed E-state index contributed by atoms with van der Waals surface area (Å²) in [7, 11) is 0. The van der Waals surface area contributed by atoms with Crippen LogP contribution in [0, 0.1) is 0 Å². The van der Waals surface area contributed by atoms with Gasteiger partial charge in [-0.1, -0.05) is 89.7 Å². The lowest BCUT2D eigenvalue weighted by Gasteiger charge is -2.21. The average molecular weight is 887 g/mol. The Balaban J connectivity index is 0.000000243. The van der Waals surface area contributed by atoms with Gasteiger partial charge in [0.1, 0.15) is 29.2 Å². The molecular weight excluding hydrogens is 843 g/mol. The van der Waals surface area contributed by atoms with Gasteiger partial charge in [0.15, 0.2) is 0 Å². The lowest BCUT2D eigenvalue weighted by Crippen LogP contribution is -2.23. The van der Waals surface area contributed by atoms with Crippen molar-refractivity contribution in [3.05, 3.63) is 175 Å². The molecule has 5 N–H and O–H groups in total. The van der Waals surface area contributed by atoms with Gasteiger partial charge in [-0.3, -0.25) is 19.2 Å². The molecule has 0 atom stereocenters. The van der Waals surface area contributed by atoms with Crippen LogP contribution in [0.1, 0.15) is 95.5 Å². The van der Waals surface area contributed by atoms with Gasteiger partial charge in [0.05, 0.1) is 22.5 Å². The molecule has 0 spiro atoms. The number of benzene rings is 5. The van der Waals surface area contributed by atoms with E-state index < -0.39 is 57.5 Å². The molecule has 0 bridgehead atoms. The minimum absolute atomic E-state index is 0. The van der Waals surface area contributed by atoms with Crippen molar-refractivity contribution in [2.24, 2.45) is 0 Å². The molecule has 0 aliphatic heterocycles. The predicted octanol–water partition coefficient (Wildman–Crippen LogP) is 11.8. The highest BCUT2D eigenvalue weighted by molar-refractivity contribution is 6.07. The molecule has 0 saturated heterocycles. The number of para-hydroxylation sites is 2. The smallest absolute Gasteiger partial charge is 0.418 e. The standard InChI is InChI=1S/C27H23F3N2O3.C20H17F3N2O3.CH4/c1-16(2)19-12-21(27(28,29)30)23(13-24(19)35-15-17-8-4-3-5-9-17)32-26(34)20-14-31-22-11-7-6-10-18(22)25(20)33;1-10(2)12-7-14(20(21,22)23)16(8-17(12)26)25-19(28)13-9-24-15-6-4-3-5-11(15)18(13)27;/h3-14,16H,15H2,1-2H3,(H,31,33)(H,32,34);3-10,26H,1-2H3,(H,24,27)(H,25,28);1H4. The van der Waals surface area contributed by atoms with Crippen LogP contribution in [0.25, 0.3) is 21.8 Å². The molecule has 334 valence electrons. The van der Waals surface area contributed by atoms with Crippen LogP contribution in [0.3, 0.4) is 0 Å². The molecule has 2 aromatic heterocycles. The quantitative estimate of drug-likeness (QED) is 0.0910. The maximum absolute atomic E-state index is 14.0. The number of amides is 2. The van der Waals surface area contributed by atoms with E-state index in [2.05, 4.69) is 20.6 Å². The minimum Gasteiger partial charge on any atom is -0.508 e. The van der Waals surface area contributed by atoms with Crippen molar-refractivity contribution in [3.8, 4) is 11.5 Å². The number of phenols is 1. The molecule has 2 amide bonds. The first kappa shape index (κ1) is 47.7. The third-order valence-electron chi connectivity index (χ3n) is 9.97. The van der Waals surface area contributed by atoms with Gasteiger partial charge in [0.2, 0.25) is 10.9 Å². The Kier molecular flexibility index (Phi) is 14.4. The highest BCUT2D eigenvalue weighted by Crippen LogP contribution is 2.42. The number of halogens is 6. The third kappa shape index (κ3) is 10.6. The van der Waals surface area contributed by atoms with Crippen LogP contribution in [0.4, 0.5) is 37.7 Å². The number of nitrogens with one attached hydrogen (secondary N) is 4. The van der Waals surface area contributed by atoms with Crippen molar-refractivity contribution in [2.75, 3.05) is 10.6 Å². The zero-order valence-electron chi connectivity index (χ0n) is 34.1. The van der Waals surface area contributed by atoms with Gasteiger partial charge in [-0.2, -0.15) is 26.3 Å². The van der Waals surface area contributed by atoms with Crippen molar-refractivity contribution < 1.29 is 45.8 Å². The van der Waals surface area contributed by atoms with Gasteiger partial charge in [0, 0.05) is 46.3 Å². The van der Waals surface area contributed by atoms with Gasteiger partial charge >= 0.3 is 12.4 Å². The van der Waals surface area contributed by atoms with Crippen molar-refractivity contribution in [3.63, 3.8) is 0 Å². The van der Waals surface area contributed by atoms with Gasteiger partial charge in [-0.15, -0.1) is 0 Å². The van der Waals surface area contributed by atoms with Crippen molar-refractivity contribution in [1.82, 2.24) is 9.97 Å². The molecule has 0 fully saturated rings. The van der Waals surface area contributed by atoms with Crippen LogP contribution < -0.4 is 26.2 Å². The molecule has 64 heavy (non-hydrogen) atoms. The number of aromatic amines is 2. The lowest BCUT2D eigenvalue weighted by molar-refractivity contribution is -0.137. The van der Waals surface area contributed by atoms with E-state index in [1.165, 1.54) is 18.3 Å². The van der Waals surface area contributed by atoms with Gasteiger partial charge < -0.3 is 30.4 Å². The number of H-pyrrole nitrogens is 2. The Bertz CT molecular complexity index is 2940. The molecular formula is C48H44F6N4O6. The number of ether oxygens (including phenoxy) is 1. The number of hydrogen-bond acceptors (Lipinski definition) is 6. The Hall–Kier alpha value is -7.36. The second-order valence-electron chi connectivity index (χ2n) is 15.0. The number of alkyl halides is 6. The first-order valence-electron chi connectivity index (χ1n) is 19.4. The minimum atomic E-state index is -4.75. The highest BCUT2D eigenvalue weighted by Gasteiger charge is 2.37. The summed E-state index contributed by atoms with van der Waals surface area (Å²) in [6.45, 7) is 6.95. The Morgan fingerprint density at radius 2 is 1.05 bits per heavy atom. The Morgan fingerprint density at radius 3 is 1.50 bits per heavy atom. The first-order chi connectivity index (χ1) is 29.7. The van der Waals surface area contributed by atoms with Crippen LogP contribution in [0.15, 0.2) is 125 Å². The second kappa shape index (κ2) is 19.4.